The van der Waals surface area contributed by atoms with Crippen LogP contribution in [0, 0.1) is 0 Å². The number of piperidine rings is 2. The first-order chi connectivity index (χ1) is 51.1. The Morgan fingerprint density at radius 2 is 1.01 bits per heavy atom. The molecule has 4 aromatic carbocycles. The van der Waals surface area contributed by atoms with E-state index >= 15 is 0 Å². The molecule has 38 heteroatoms. The lowest BCUT2D eigenvalue weighted by molar-refractivity contribution is -0.155. The normalized spacial score (nSPS) is 20.4. The summed E-state index contributed by atoms with van der Waals surface area (Å²) in [5, 5.41) is 67.7. The van der Waals surface area contributed by atoms with Gasteiger partial charge < -0.3 is 75.3 Å². The number of aromatic nitrogens is 6. The summed E-state index contributed by atoms with van der Waals surface area (Å²) in [5.41, 5.74) is 9.85. The van der Waals surface area contributed by atoms with Crippen molar-refractivity contribution in [2.75, 3.05) is 92.1 Å². The molecule has 0 radical (unpaired) electrons. The second kappa shape index (κ2) is 38.4. The number of rotatable bonds is 38. The second-order valence-electron chi connectivity index (χ2n) is 27.3. The van der Waals surface area contributed by atoms with Gasteiger partial charge in [0.2, 0.25) is 20.0 Å². The number of sulfonamides is 2. The number of halogens is 4. The van der Waals surface area contributed by atoms with Gasteiger partial charge in [-0.2, -0.15) is 0 Å². The molecule has 0 spiro atoms. The summed E-state index contributed by atoms with van der Waals surface area (Å²) in [6.45, 7) is 9.52. The number of nitrogens with two attached hydrogens (primary N) is 1. The zero-order valence-corrected chi connectivity index (χ0v) is 64.0. The van der Waals surface area contributed by atoms with Gasteiger partial charge in [-0.3, -0.25) is 19.4 Å². The molecule has 10 rings (SSSR count). The maximum Gasteiger partial charge on any atom is 0.407 e. The Morgan fingerprint density at radius 1 is 0.589 bits per heavy atom. The molecule has 1 unspecified atom stereocenters. The fraction of sp³-hybridized carbons (Fsp3) is 0.551. The van der Waals surface area contributed by atoms with Crippen molar-refractivity contribution in [1.82, 2.24) is 65.2 Å². The number of nitrogens with one attached hydrogen (secondary N) is 5. The van der Waals surface area contributed by atoms with Crippen molar-refractivity contribution in [3.8, 4) is 11.5 Å². The number of amides is 3. The molecule has 4 heterocycles. The minimum absolute atomic E-state index is 0.00316. The number of carbonyl (C=O) groups excluding carboxylic acids is 3. The summed E-state index contributed by atoms with van der Waals surface area (Å²) < 4.78 is 102. The van der Waals surface area contributed by atoms with E-state index in [1.54, 1.807) is 36.4 Å². The van der Waals surface area contributed by atoms with Gasteiger partial charge in [0.15, 0.2) is 12.2 Å². The maximum absolute atomic E-state index is 13.2. The predicted molar refractivity (Wildman–Crippen MR) is 392 cm³/mol. The highest BCUT2D eigenvalue weighted by Gasteiger charge is 2.44. The molecule has 586 valence electrons. The molecular formula is C69H92Cl4N14O18S2. The average molecular weight is 1610 g/mol. The maximum atomic E-state index is 13.2. The molecule has 2 aliphatic carbocycles. The smallest absolute Gasteiger partial charge is 0.407 e. The molecule has 3 amide bonds. The van der Waals surface area contributed by atoms with Crippen molar-refractivity contribution in [1.29, 1.82) is 0 Å². The number of ether oxygens (including phenoxy) is 7. The number of benzene rings is 4. The van der Waals surface area contributed by atoms with Crippen LogP contribution in [0.4, 0.5) is 4.79 Å². The van der Waals surface area contributed by atoms with Crippen LogP contribution in [0.15, 0.2) is 95.0 Å². The number of aliphatic hydroxyl groups excluding tert-OH is 4. The van der Waals surface area contributed by atoms with E-state index in [2.05, 4.69) is 55.8 Å². The second-order valence-corrected chi connectivity index (χ2v) is 32.6. The molecule has 2 fully saturated rings. The summed E-state index contributed by atoms with van der Waals surface area (Å²) in [4.78, 5) is 42.8. The number of carbonyl (C=O) groups is 3. The molecule has 10 atom stereocenters. The van der Waals surface area contributed by atoms with E-state index in [1.807, 2.05) is 32.9 Å². The lowest BCUT2D eigenvalue weighted by Crippen LogP contribution is -2.54. The lowest BCUT2D eigenvalue weighted by Gasteiger charge is -2.39. The minimum atomic E-state index is -3.92. The van der Waals surface area contributed by atoms with Crippen molar-refractivity contribution in [3.63, 3.8) is 0 Å². The molecule has 32 nitrogen and oxygen atoms in total. The summed E-state index contributed by atoms with van der Waals surface area (Å²) in [6.07, 6.45) is -2.69. The number of nitrogens with zero attached hydrogens (tertiary/aromatic N) is 8. The topological polar surface area (TPSA) is 419 Å². The fourth-order valence-electron chi connectivity index (χ4n) is 13.0. The van der Waals surface area contributed by atoms with E-state index in [9.17, 15) is 51.6 Å². The Morgan fingerprint density at radius 3 is 1.44 bits per heavy atom. The Labute approximate surface area is 640 Å². The van der Waals surface area contributed by atoms with Crippen LogP contribution in [-0.4, -0.2) is 241 Å². The van der Waals surface area contributed by atoms with Gasteiger partial charge in [-0.05, 0) is 156 Å². The molecule has 0 bridgehead atoms. The summed E-state index contributed by atoms with van der Waals surface area (Å²) in [5.74, 6) is -1.36. The van der Waals surface area contributed by atoms with Crippen LogP contribution >= 0.6 is 46.4 Å². The van der Waals surface area contributed by atoms with Gasteiger partial charge in [-0.15, -0.1) is 10.2 Å². The van der Waals surface area contributed by atoms with Gasteiger partial charge in [-0.25, -0.2) is 40.4 Å². The standard InChI is InChI=1S/C69H92Cl4N14O18S2/c1-69(2,3)105-68(94)79-45-7-5-19-85(39-45)59-35-53-55(31-43(71)33-57(53)73)65(59)104-49-10-14-51(15-11-49)107(97,98)78-17-23-100-27-29-102-25-21-87-41-47(81-83-87)37-76-67(93)63(91)61(89)60(88)62(90)66(92)75-36-46-40-86(82-80-46)20-24-101-28-26-99-22-16-77-106(95,96)50-12-8-48(9-13-50)103-64-54-30-42(70)32-56(72)52(54)34-58(64)84-18-4-6-44(74)38-84/h8-15,30-33,40-41,44-45,58-65,77-78,88-91H,4-7,16-29,34-39,74H2,1-3H3,(H,75,92)(H,76,93)(H,79,94)/t44-,45-,58+,59?,60+,61-,62-,63+,64+,65+/m1/s1. The largest absolute Gasteiger partial charge is 0.484 e. The number of aliphatic hydroxyl groups is 4. The van der Waals surface area contributed by atoms with Crippen LogP contribution in [0.25, 0.3) is 0 Å². The van der Waals surface area contributed by atoms with E-state index in [-0.39, 0.29) is 137 Å². The quantitative estimate of drug-likeness (QED) is 0.0248. The van der Waals surface area contributed by atoms with E-state index in [0.717, 1.165) is 67.6 Å². The molecule has 2 saturated heterocycles. The van der Waals surface area contributed by atoms with Crippen LogP contribution < -0.4 is 40.6 Å². The first-order valence-electron chi connectivity index (χ1n) is 35.2. The van der Waals surface area contributed by atoms with Crippen LogP contribution in [0.2, 0.25) is 20.1 Å². The Kier molecular flexibility index (Phi) is 29.8. The van der Waals surface area contributed by atoms with Crippen LogP contribution in [0.3, 0.4) is 0 Å². The third-order valence-corrected chi connectivity index (χ3v) is 22.3. The highest BCUT2D eigenvalue weighted by atomic mass is 35.5. The highest BCUT2D eigenvalue weighted by Crippen LogP contribution is 2.45. The molecule has 2 aliphatic heterocycles. The zero-order chi connectivity index (χ0) is 76.6. The summed E-state index contributed by atoms with van der Waals surface area (Å²) in [6, 6.07) is 19.2. The summed E-state index contributed by atoms with van der Waals surface area (Å²) in [7, 11) is -7.80. The third kappa shape index (κ3) is 23.5. The van der Waals surface area contributed by atoms with E-state index in [1.165, 1.54) is 46.0 Å². The van der Waals surface area contributed by atoms with Gasteiger partial charge >= 0.3 is 6.09 Å². The van der Waals surface area contributed by atoms with Gasteiger partial charge in [-0.1, -0.05) is 56.8 Å². The van der Waals surface area contributed by atoms with Crippen molar-refractivity contribution in [2.24, 2.45) is 5.73 Å². The number of likely N-dealkylation sites (tertiary alicyclic amines) is 2. The van der Waals surface area contributed by atoms with Crippen LogP contribution in [-0.2, 0) is 92.3 Å². The highest BCUT2D eigenvalue weighted by molar-refractivity contribution is 7.89. The first kappa shape index (κ1) is 83.0. The first-order valence-corrected chi connectivity index (χ1v) is 39.6. The van der Waals surface area contributed by atoms with E-state index in [4.69, 9.17) is 85.3 Å². The molecule has 0 saturated carbocycles. The Hall–Kier alpha value is -6.49. The van der Waals surface area contributed by atoms with Gasteiger partial charge in [0, 0.05) is 69.5 Å². The van der Waals surface area contributed by atoms with Crippen molar-refractivity contribution in [3.05, 3.63) is 139 Å². The number of alkyl carbamates (subject to hydrolysis) is 1. The van der Waals surface area contributed by atoms with E-state index < -0.39 is 80.2 Å². The van der Waals surface area contributed by atoms with Gasteiger partial charge in [0.05, 0.1) is 113 Å². The monoisotopic (exact) mass is 1610 g/mol. The van der Waals surface area contributed by atoms with Crippen molar-refractivity contribution < 1.29 is 84.8 Å². The molecule has 4 aliphatic rings. The zero-order valence-electron chi connectivity index (χ0n) is 59.3. The minimum Gasteiger partial charge on any atom is -0.484 e. The number of fused-ring (bicyclic) bond motifs is 2. The van der Waals surface area contributed by atoms with Gasteiger partial charge in [0.1, 0.15) is 52.9 Å². The fourth-order valence-corrected chi connectivity index (χ4v) is 16.2. The lowest BCUT2D eigenvalue weighted by atomic mass is 10.0. The predicted octanol–water partition coefficient (Wildman–Crippen LogP) is 3.38. The molecule has 2 aromatic heterocycles. The van der Waals surface area contributed by atoms with E-state index in [0.29, 0.717) is 51.0 Å². The van der Waals surface area contributed by atoms with Crippen molar-refractivity contribution >= 4 is 84.4 Å². The number of hydrogen-bond donors (Lipinski definition) is 10. The Balaban J connectivity index is 0.543. The summed E-state index contributed by atoms with van der Waals surface area (Å²) >= 11 is 26.2. The third-order valence-electron chi connectivity index (χ3n) is 18.3. The SMILES string of the molecule is CC(C)(C)OC(=O)N[C@@H]1CCCN(C2Cc3c(Cl)cc(Cl)cc3[C@@H]2Oc2ccc(S(=O)(=O)NCCOCCOCCn3cc(CNC(=O)[C@@H](O)[C@H](O)[C@H](O)[C@@H](O)C(=O)NCc4cn(CCOCCOCCNS(=O)(=O)c5ccc(O[C@H]6c7cc(Cl)cc(Cl)c7C[C@@H]6N6CCC[C@@H](N)C6)cc5)nn4)nn3)cc2)C1. The van der Waals surface area contributed by atoms with Gasteiger partial charge in [0.25, 0.3) is 11.8 Å². The van der Waals surface area contributed by atoms with Crippen molar-refractivity contribution in [2.45, 2.75) is 162 Å². The molecule has 6 aromatic rings. The number of hydrogen-bond acceptors (Lipinski definition) is 25. The Bertz CT molecular complexity index is 4190. The molecule has 11 N–H and O–H groups in total. The van der Waals surface area contributed by atoms with Crippen LogP contribution in [0.1, 0.15) is 92.3 Å². The van der Waals surface area contributed by atoms with Crippen LogP contribution in [0.5, 0.6) is 11.5 Å². The average Bonchev–Trinajstić information content (AvgIpc) is 1.62. The molecular weight excluding hydrogens is 1520 g/mol. The molecule has 107 heavy (non-hydrogen) atoms.